The predicted octanol–water partition coefficient (Wildman–Crippen LogP) is 6.20. The van der Waals surface area contributed by atoms with Gasteiger partial charge in [-0.05, 0) is 50.9 Å². The zero-order chi connectivity index (χ0) is 20.9. The second kappa shape index (κ2) is 9.64. The van der Waals surface area contributed by atoms with Crippen molar-refractivity contribution in [2.75, 3.05) is 26.5 Å². The van der Waals surface area contributed by atoms with E-state index in [4.69, 9.17) is 0 Å². The van der Waals surface area contributed by atoms with Crippen molar-refractivity contribution in [1.29, 1.82) is 0 Å². The van der Waals surface area contributed by atoms with Crippen molar-refractivity contribution in [3.8, 4) is 0 Å². The summed E-state index contributed by atoms with van der Waals surface area (Å²) in [7, 11) is 9.80. The molecule has 0 saturated carbocycles. The average Bonchev–Trinajstić information content (AvgIpc) is 3.11. The number of rotatable bonds is 4. The Morgan fingerprint density at radius 2 is 1.75 bits per heavy atom. The first-order chi connectivity index (χ1) is 13.1. The minimum absolute atomic E-state index is 0.221. The zero-order valence-electron chi connectivity index (χ0n) is 15.6. The largest absolute Gasteiger partial charge is 0.416 e. The van der Waals surface area contributed by atoms with Gasteiger partial charge in [-0.15, -0.1) is 9.80 Å². The van der Waals surface area contributed by atoms with E-state index in [9.17, 15) is 13.2 Å². The minimum Gasteiger partial charge on any atom is -0.357 e. The number of benzene rings is 2. The molecule has 0 saturated heterocycles. The monoisotopic (exact) mass is 540 g/mol. The molecule has 28 heavy (non-hydrogen) atoms. The molecule has 3 nitrogen and oxygen atoms in total. The summed E-state index contributed by atoms with van der Waals surface area (Å²) in [5.74, 6) is 0. The van der Waals surface area contributed by atoms with Crippen LogP contribution < -0.4 is 15.1 Å². The van der Waals surface area contributed by atoms with Crippen LogP contribution in [0, 0.1) is 0 Å². The van der Waals surface area contributed by atoms with E-state index >= 15 is 0 Å². The molecule has 0 spiro atoms. The van der Waals surface area contributed by atoms with Gasteiger partial charge in [-0.25, -0.2) is 0 Å². The molecule has 152 valence electrons. The highest BCUT2D eigenvalue weighted by Crippen LogP contribution is 2.33. The molecule has 1 atom stereocenters. The predicted molar refractivity (Wildman–Crippen MR) is 127 cm³/mol. The first-order valence-corrected chi connectivity index (χ1v) is 12.5. The van der Waals surface area contributed by atoms with Gasteiger partial charge in [0.25, 0.3) is 0 Å². The van der Waals surface area contributed by atoms with Gasteiger partial charge in [-0.2, -0.15) is 13.2 Å². The SMILES string of the molecule is C[N+](C)(C)c1cccc(C2=CSC(Nc3cccc(C(F)(F)F)c3)N2)c1.SI. The van der Waals surface area contributed by atoms with Gasteiger partial charge in [0.2, 0.25) is 0 Å². The highest BCUT2D eigenvalue weighted by atomic mass is 127. The Kier molecular flexibility index (Phi) is 8.00. The molecule has 0 radical (unpaired) electrons. The maximum Gasteiger partial charge on any atom is 0.416 e. The molecule has 0 aromatic heterocycles. The molecule has 0 aliphatic carbocycles. The van der Waals surface area contributed by atoms with Gasteiger partial charge in [-0.1, -0.05) is 30.0 Å². The highest BCUT2D eigenvalue weighted by molar-refractivity contribution is 14.2. The zero-order valence-corrected chi connectivity index (χ0v) is 19.5. The summed E-state index contributed by atoms with van der Waals surface area (Å²) in [5.41, 5.74) is 2.73. The molecule has 2 N–H and O–H groups in total. The summed E-state index contributed by atoms with van der Waals surface area (Å²) in [5, 5.41) is 8.40. The van der Waals surface area contributed by atoms with Crippen molar-refractivity contribution in [2.24, 2.45) is 0 Å². The van der Waals surface area contributed by atoms with E-state index in [1.165, 1.54) is 23.5 Å². The van der Waals surface area contributed by atoms with Crippen LogP contribution in [0.1, 0.15) is 11.1 Å². The van der Waals surface area contributed by atoms with E-state index in [0.717, 1.165) is 23.4 Å². The molecule has 9 heteroatoms. The van der Waals surface area contributed by atoms with Crippen LogP contribution in [0.4, 0.5) is 24.5 Å². The molecule has 1 aliphatic rings. The first kappa shape index (κ1) is 23.2. The van der Waals surface area contributed by atoms with Crippen molar-refractivity contribution < 1.29 is 13.2 Å². The molecular formula is C19H22F3IN3S2+. The molecule has 2 aromatic rings. The van der Waals surface area contributed by atoms with Gasteiger partial charge < -0.3 is 10.6 Å². The topological polar surface area (TPSA) is 24.1 Å². The quantitative estimate of drug-likeness (QED) is 0.245. The van der Waals surface area contributed by atoms with Crippen LogP contribution in [-0.2, 0) is 6.18 Å². The Balaban J connectivity index is 0.00000136. The van der Waals surface area contributed by atoms with Gasteiger partial charge in [0.1, 0.15) is 11.2 Å². The Hall–Kier alpha value is -1.04. The number of halogens is 4. The van der Waals surface area contributed by atoms with Crippen LogP contribution in [0.15, 0.2) is 53.9 Å². The van der Waals surface area contributed by atoms with E-state index in [0.29, 0.717) is 10.2 Å². The van der Waals surface area contributed by atoms with Gasteiger partial charge in [0.15, 0.2) is 0 Å². The van der Waals surface area contributed by atoms with Crippen LogP contribution in [-0.4, -0.2) is 26.6 Å². The van der Waals surface area contributed by atoms with Crippen molar-refractivity contribution in [1.82, 2.24) is 9.80 Å². The fourth-order valence-corrected chi connectivity index (χ4v) is 3.47. The van der Waals surface area contributed by atoms with Crippen LogP contribution in [0.2, 0.25) is 0 Å². The molecule has 2 aromatic carbocycles. The summed E-state index contributed by atoms with van der Waals surface area (Å²) < 4.78 is 39.2. The third-order valence-corrected chi connectivity index (χ3v) is 4.91. The minimum atomic E-state index is -4.34. The average molecular weight is 540 g/mol. The fraction of sp³-hybridized carbons (Fsp3) is 0.263. The fourth-order valence-electron chi connectivity index (χ4n) is 2.59. The number of thiol groups is 1. The Bertz CT molecular complexity index is 836. The van der Waals surface area contributed by atoms with E-state index in [1.807, 2.05) is 38.7 Å². The molecular weight excluding hydrogens is 518 g/mol. The lowest BCUT2D eigenvalue weighted by Crippen LogP contribution is -2.34. The smallest absolute Gasteiger partial charge is 0.357 e. The van der Waals surface area contributed by atoms with Crippen molar-refractivity contribution in [2.45, 2.75) is 11.7 Å². The van der Waals surface area contributed by atoms with Crippen molar-refractivity contribution >= 4 is 59.8 Å². The first-order valence-electron chi connectivity index (χ1n) is 8.28. The Labute approximate surface area is 185 Å². The molecule has 3 rings (SSSR count). The van der Waals surface area contributed by atoms with Crippen LogP contribution in [0.5, 0.6) is 0 Å². The summed E-state index contributed by atoms with van der Waals surface area (Å²) >= 11 is 3.34. The van der Waals surface area contributed by atoms with Crippen LogP contribution in [0.25, 0.3) is 5.70 Å². The van der Waals surface area contributed by atoms with Crippen molar-refractivity contribution in [3.63, 3.8) is 0 Å². The highest BCUT2D eigenvalue weighted by Gasteiger charge is 2.30. The van der Waals surface area contributed by atoms with Gasteiger partial charge in [0.05, 0.1) is 32.4 Å². The van der Waals surface area contributed by atoms with Crippen LogP contribution >= 0.6 is 42.8 Å². The summed E-state index contributed by atoms with van der Waals surface area (Å²) in [4.78, 5) is 0. The maximum atomic E-state index is 12.8. The molecule has 0 fully saturated rings. The van der Waals surface area contributed by atoms with E-state index < -0.39 is 11.7 Å². The van der Waals surface area contributed by atoms with E-state index in [1.54, 1.807) is 6.07 Å². The number of thioether (sulfide) groups is 1. The normalized spacial score (nSPS) is 16.6. The molecule has 0 amide bonds. The second-order valence-corrected chi connectivity index (χ2v) is 7.96. The maximum absolute atomic E-state index is 12.8. The number of quaternary nitrogens is 1. The summed E-state index contributed by atoms with van der Waals surface area (Å²) in [6.07, 6.45) is -4.34. The summed E-state index contributed by atoms with van der Waals surface area (Å²) in [6.45, 7) is 0. The third-order valence-electron chi connectivity index (χ3n) is 4.03. The lowest BCUT2D eigenvalue weighted by Gasteiger charge is -2.24. The second-order valence-electron chi connectivity index (χ2n) is 6.98. The van der Waals surface area contributed by atoms with Gasteiger partial charge in [0, 0.05) is 17.3 Å². The number of hydrogen-bond donors (Lipinski definition) is 3. The standard InChI is InChI=1S/C19H21F3N3S.HIS/c1-25(2,3)16-9-4-6-13(10-16)17-12-26-18(24-17)23-15-8-5-7-14(11-15)19(20,21)22;1-2/h4-12,18,23-24H,1-3H3;2H/q+1;. The lowest BCUT2D eigenvalue weighted by atomic mass is 10.1. The number of nitrogens with zero attached hydrogens (tertiary/aromatic N) is 1. The Morgan fingerprint density at radius 3 is 2.39 bits per heavy atom. The number of anilines is 1. The third kappa shape index (κ3) is 6.23. The van der Waals surface area contributed by atoms with Gasteiger partial charge >= 0.3 is 6.18 Å². The lowest BCUT2D eigenvalue weighted by molar-refractivity contribution is -0.137. The summed E-state index contributed by atoms with van der Waals surface area (Å²) in [6, 6.07) is 13.5. The van der Waals surface area contributed by atoms with Gasteiger partial charge in [-0.3, -0.25) is 4.48 Å². The Morgan fingerprint density at radius 1 is 1.07 bits per heavy atom. The molecule has 1 heterocycles. The number of alkyl halides is 3. The van der Waals surface area contributed by atoms with E-state index in [-0.39, 0.29) is 5.50 Å². The number of nitrogens with one attached hydrogen (secondary N) is 2. The molecule has 0 bridgehead atoms. The van der Waals surface area contributed by atoms with Crippen molar-refractivity contribution in [3.05, 3.63) is 65.1 Å². The van der Waals surface area contributed by atoms with Crippen LogP contribution in [0.3, 0.4) is 0 Å². The molecule has 1 aliphatic heterocycles. The van der Waals surface area contributed by atoms with E-state index in [2.05, 4.69) is 53.7 Å². The number of hydrogen-bond acceptors (Lipinski definition) is 4. The molecule has 1 unspecified atom stereocenters.